The van der Waals surface area contributed by atoms with Crippen LogP contribution in [0.4, 0.5) is 4.39 Å². The van der Waals surface area contributed by atoms with Crippen molar-refractivity contribution in [3.63, 3.8) is 0 Å². The van der Waals surface area contributed by atoms with E-state index in [1.54, 1.807) is 12.1 Å². The molecule has 1 saturated carbocycles. The van der Waals surface area contributed by atoms with Gasteiger partial charge in [-0.2, -0.15) is 0 Å². The molecule has 0 aliphatic heterocycles. The molecule has 2 nitrogen and oxygen atoms in total. The normalized spacial score (nSPS) is 28.6. The van der Waals surface area contributed by atoms with Crippen LogP contribution in [0.15, 0.2) is 36.4 Å². The van der Waals surface area contributed by atoms with Crippen LogP contribution in [0.25, 0.3) is 0 Å². The summed E-state index contributed by atoms with van der Waals surface area (Å²) < 4.78 is 18.2. The molecule has 0 N–H and O–H groups in total. The van der Waals surface area contributed by atoms with Crippen molar-refractivity contribution in [3.8, 4) is 0 Å². The summed E-state index contributed by atoms with van der Waals surface area (Å²) in [5, 5.41) is 0. The summed E-state index contributed by atoms with van der Waals surface area (Å²) in [6, 6.07) is 6.16. The minimum absolute atomic E-state index is 0.00793. The summed E-state index contributed by atoms with van der Waals surface area (Å²) in [6.45, 7) is 0.161. The quantitative estimate of drug-likeness (QED) is 0.605. The fourth-order valence-corrected chi connectivity index (χ4v) is 2.94. The van der Waals surface area contributed by atoms with Crippen LogP contribution in [0.1, 0.15) is 18.4 Å². The molecule has 0 spiro atoms. The number of halogens is 1. The minimum atomic E-state index is -0.300. The Balaban J connectivity index is 1.57. The largest absolute Gasteiger partial charge is 0.461 e. The second-order valence-corrected chi connectivity index (χ2v) is 5.12. The fourth-order valence-electron chi connectivity index (χ4n) is 2.94. The maximum Gasteiger partial charge on any atom is 0.309 e. The van der Waals surface area contributed by atoms with E-state index in [1.807, 2.05) is 0 Å². The SMILES string of the molecule is O=C(OCc1cccc(F)c1)C1CC2C=CC1C2. The maximum absolute atomic E-state index is 13.0. The fraction of sp³-hybridized carbons (Fsp3) is 0.400. The van der Waals surface area contributed by atoms with Crippen LogP contribution in [0.2, 0.25) is 0 Å². The van der Waals surface area contributed by atoms with Gasteiger partial charge in [-0.15, -0.1) is 0 Å². The van der Waals surface area contributed by atoms with Crippen molar-refractivity contribution in [1.82, 2.24) is 0 Å². The lowest BCUT2D eigenvalue weighted by Crippen LogP contribution is -2.21. The summed E-state index contributed by atoms with van der Waals surface area (Å²) in [6.07, 6.45) is 6.31. The average Bonchev–Trinajstić information content (AvgIpc) is 2.98. The molecule has 3 rings (SSSR count). The number of fused-ring (bicyclic) bond motifs is 2. The van der Waals surface area contributed by atoms with Gasteiger partial charge in [0, 0.05) is 0 Å². The highest BCUT2D eigenvalue weighted by atomic mass is 19.1. The summed E-state index contributed by atoms with van der Waals surface area (Å²) in [7, 11) is 0. The molecule has 1 aromatic rings. The highest BCUT2D eigenvalue weighted by Gasteiger charge is 2.40. The van der Waals surface area contributed by atoms with E-state index < -0.39 is 0 Å². The Morgan fingerprint density at radius 1 is 1.33 bits per heavy atom. The molecule has 2 aliphatic rings. The number of hydrogen-bond acceptors (Lipinski definition) is 2. The Bertz CT molecular complexity index is 495. The highest BCUT2D eigenvalue weighted by Crippen LogP contribution is 2.43. The van der Waals surface area contributed by atoms with Crippen LogP contribution in [0.3, 0.4) is 0 Å². The second kappa shape index (κ2) is 4.56. The summed E-state index contributed by atoms with van der Waals surface area (Å²) in [5.41, 5.74) is 0.696. The van der Waals surface area contributed by atoms with Crippen LogP contribution < -0.4 is 0 Å². The molecule has 3 atom stereocenters. The Morgan fingerprint density at radius 3 is 2.89 bits per heavy atom. The third-order valence-electron chi connectivity index (χ3n) is 3.85. The van der Waals surface area contributed by atoms with Gasteiger partial charge < -0.3 is 4.74 Å². The zero-order valence-electron chi connectivity index (χ0n) is 10.0. The maximum atomic E-state index is 13.0. The van der Waals surface area contributed by atoms with Gasteiger partial charge in [-0.1, -0.05) is 24.3 Å². The molecule has 3 unspecified atom stereocenters. The van der Waals surface area contributed by atoms with E-state index >= 15 is 0 Å². The van der Waals surface area contributed by atoms with Crippen LogP contribution in [-0.4, -0.2) is 5.97 Å². The number of carbonyl (C=O) groups excluding carboxylic acids is 1. The number of allylic oxidation sites excluding steroid dienone is 2. The molecule has 2 bridgehead atoms. The van der Waals surface area contributed by atoms with Gasteiger partial charge in [0.15, 0.2) is 0 Å². The summed E-state index contributed by atoms with van der Waals surface area (Å²) >= 11 is 0. The standard InChI is InChI=1S/C15H15FO2/c16-13-3-1-2-11(7-13)9-18-15(17)14-8-10-4-5-12(14)6-10/h1-5,7,10,12,14H,6,8-9H2. The highest BCUT2D eigenvalue weighted by molar-refractivity contribution is 5.74. The monoisotopic (exact) mass is 246 g/mol. The molecule has 0 heterocycles. The molecule has 0 amide bonds. The topological polar surface area (TPSA) is 26.3 Å². The predicted octanol–water partition coefficient (Wildman–Crippen LogP) is 3.08. The Labute approximate surface area is 105 Å². The van der Waals surface area contributed by atoms with E-state index in [0.29, 0.717) is 17.4 Å². The van der Waals surface area contributed by atoms with Crippen molar-refractivity contribution in [3.05, 3.63) is 47.8 Å². The number of ether oxygens (including phenoxy) is 1. The molecule has 18 heavy (non-hydrogen) atoms. The zero-order valence-corrected chi connectivity index (χ0v) is 10.0. The van der Waals surface area contributed by atoms with E-state index in [9.17, 15) is 9.18 Å². The molecule has 94 valence electrons. The molecule has 0 radical (unpaired) electrons. The van der Waals surface area contributed by atoms with Gasteiger partial charge >= 0.3 is 5.97 Å². The van der Waals surface area contributed by atoms with Gasteiger partial charge in [0.05, 0.1) is 5.92 Å². The summed E-state index contributed by atoms with van der Waals surface area (Å²) in [4.78, 5) is 11.9. The van der Waals surface area contributed by atoms with Crippen LogP contribution >= 0.6 is 0 Å². The molecule has 3 heteroatoms. The second-order valence-electron chi connectivity index (χ2n) is 5.12. The van der Waals surface area contributed by atoms with E-state index in [1.165, 1.54) is 12.1 Å². The average molecular weight is 246 g/mol. The van der Waals surface area contributed by atoms with Gasteiger partial charge in [0.25, 0.3) is 0 Å². The van der Waals surface area contributed by atoms with Gasteiger partial charge in [-0.25, -0.2) is 4.39 Å². The van der Waals surface area contributed by atoms with E-state index in [0.717, 1.165) is 12.8 Å². The molecule has 1 aromatic carbocycles. The van der Waals surface area contributed by atoms with E-state index in [4.69, 9.17) is 4.74 Å². The van der Waals surface area contributed by atoms with Gasteiger partial charge in [-0.3, -0.25) is 4.79 Å². The molecular formula is C15H15FO2. The van der Waals surface area contributed by atoms with Crippen LogP contribution in [0, 0.1) is 23.6 Å². The van der Waals surface area contributed by atoms with Crippen molar-refractivity contribution >= 4 is 5.97 Å². The third-order valence-corrected chi connectivity index (χ3v) is 3.85. The van der Waals surface area contributed by atoms with Crippen molar-refractivity contribution in [1.29, 1.82) is 0 Å². The van der Waals surface area contributed by atoms with Crippen LogP contribution in [0.5, 0.6) is 0 Å². The number of benzene rings is 1. The zero-order chi connectivity index (χ0) is 12.5. The van der Waals surface area contributed by atoms with Gasteiger partial charge in [0.2, 0.25) is 0 Å². The lowest BCUT2D eigenvalue weighted by molar-refractivity contribution is -0.150. The molecule has 0 saturated heterocycles. The Kier molecular flexibility index (Phi) is 2.90. The molecule has 2 aliphatic carbocycles. The molecule has 1 fully saturated rings. The minimum Gasteiger partial charge on any atom is -0.461 e. The first kappa shape index (κ1) is 11.5. The Morgan fingerprint density at radius 2 is 2.22 bits per heavy atom. The Hall–Kier alpha value is -1.64. The lowest BCUT2D eigenvalue weighted by Gasteiger charge is -2.16. The van der Waals surface area contributed by atoms with Gasteiger partial charge in [0.1, 0.15) is 12.4 Å². The van der Waals surface area contributed by atoms with Crippen molar-refractivity contribution < 1.29 is 13.9 Å². The van der Waals surface area contributed by atoms with Crippen molar-refractivity contribution in [2.45, 2.75) is 19.4 Å². The number of rotatable bonds is 3. The first-order valence-electron chi connectivity index (χ1n) is 6.32. The number of carbonyl (C=O) groups is 1. The van der Waals surface area contributed by atoms with E-state index in [2.05, 4.69) is 12.2 Å². The first-order chi connectivity index (χ1) is 8.72. The smallest absolute Gasteiger partial charge is 0.309 e. The van der Waals surface area contributed by atoms with Crippen molar-refractivity contribution in [2.24, 2.45) is 17.8 Å². The molecule has 0 aromatic heterocycles. The third kappa shape index (κ3) is 2.17. The van der Waals surface area contributed by atoms with Crippen LogP contribution in [-0.2, 0) is 16.1 Å². The lowest BCUT2D eigenvalue weighted by atomic mass is 9.94. The van der Waals surface area contributed by atoms with Crippen molar-refractivity contribution in [2.75, 3.05) is 0 Å². The van der Waals surface area contributed by atoms with E-state index in [-0.39, 0.29) is 24.3 Å². The first-order valence-corrected chi connectivity index (χ1v) is 6.32. The van der Waals surface area contributed by atoms with Gasteiger partial charge in [-0.05, 0) is 42.4 Å². The number of esters is 1. The predicted molar refractivity (Wildman–Crippen MR) is 65.0 cm³/mol. The summed E-state index contributed by atoms with van der Waals surface area (Å²) in [5.74, 6) is 0.479. The number of hydrogen-bond donors (Lipinski definition) is 0. The molecular weight excluding hydrogens is 231 g/mol.